The van der Waals surface area contributed by atoms with Gasteiger partial charge in [0, 0.05) is 19.7 Å². The lowest BCUT2D eigenvalue weighted by molar-refractivity contribution is 0.0788. The summed E-state index contributed by atoms with van der Waals surface area (Å²) < 4.78 is 5.24. The molecule has 7 heteroatoms. The maximum absolute atomic E-state index is 12.6. The average molecular weight is 373 g/mol. The molecule has 1 amide bonds. The first-order valence-electron chi connectivity index (χ1n) is 8.01. The molecule has 0 fully saturated rings. The summed E-state index contributed by atoms with van der Waals surface area (Å²) in [7, 11) is 1.02. The Balaban J connectivity index is 2.78. The number of halogens is 1. The van der Waals surface area contributed by atoms with E-state index in [0.29, 0.717) is 28.6 Å². The van der Waals surface area contributed by atoms with E-state index in [4.69, 9.17) is 22.1 Å². The molecule has 1 rings (SSSR count). The van der Waals surface area contributed by atoms with Gasteiger partial charge in [-0.15, -0.1) is 0 Å². The number of carbonyl (C=O) groups excluding carboxylic acids is 1. The molecule has 24 heavy (non-hydrogen) atoms. The van der Waals surface area contributed by atoms with Crippen molar-refractivity contribution < 1.29 is 14.3 Å². The zero-order valence-electron chi connectivity index (χ0n) is 15.4. The van der Waals surface area contributed by atoms with E-state index in [1.165, 1.54) is 7.11 Å². The van der Waals surface area contributed by atoms with Crippen molar-refractivity contribution in [3.05, 3.63) is 22.7 Å². The number of hydrogen-bond donors (Lipinski definition) is 2. The summed E-state index contributed by atoms with van der Waals surface area (Å²) in [6.45, 7) is 8.66. The van der Waals surface area contributed by atoms with Crippen molar-refractivity contribution in [2.45, 2.75) is 44.8 Å². The third kappa shape index (κ3) is 4.88. The zero-order valence-corrected chi connectivity index (χ0v) is 17.2. The van der Waals surface area contributed by atoms with Crippen LogP contribution in [0.3, 0.4) is 0 Å². The number of rotatable bonds is 7. The Morgan fingerprint density at radius 3 is 2.50 bits per heavy atom. The third-order valence-corrected chi connectivity index (χ3v) is 8.74. The summed E-state index contributed by atoms with van der Waals surface area (Å²) in [4.78, 5) is 24.6. The fourth-order valence-electron chi connectivity index (χ4n) is 2.28. The van der Waals surface area contributed by atoms with E-state index in [2.05, 4.69) is 13.8 Å². The Hall–Kier alpha value is -1.24. The fraction of sp³-hybridized carbons (Fsp3) is 0.588. The monoisotopic (exact) mass is 372 g/mol. The van der Waals surface area contributed by atoms with Crippen LogP contribution in [-0.4, -0.2) is 44.6 Å². The number of carbonyl (C=O) groups is 1. The average Bonchev–Trinajstić information content (AvgIpc) is 2.47. The molecule has 0 unspecified atom stereocenters. The van der Waals surface area contributed by atoms with Crippen LogP contribution in [0.1, 0.15) is 37.0 Å². The van der Waals surface area contributed by atoms with Gasteiger partial charge in [0.2, 0.25) is 0 Å². The summed E-state index contributed by atoms with van der Waals surface area (Å²) in [6, 6.07) is 3.11. The van der Waals surface area contributed by atoms with Gasteiger partial charge >= 0.3 is 0 Å². The van der Waals surface area contributed by atoms with Crippen LogP contribution in [0.5, 0.6) is 5.75 Å². The molecule has 3 N–H and O–H groups in total. The quantitative estimate of drug-likeness (QED) is 0.564. The molecule has 0 atom stereocenters. The minimum Gasteiger partial charge on any atom is -0.496 e. The van der Waals surface area contributed by atoms with Gasteiger partial charge in [-0.05, 0) is 37.0 Å². The van der Waals surface area contributed by atoms with Crippen molar-refractivity contribution in [3.63, 3.8) is 0 Å². The van der Waals surface area contributed by atoms with Crippen molar-refractivity contribution in [2.24, 2.45) is 0 Å². The van der Waals surface area contributed by atoms with E-state index in [-0.39, 0.29) is 10.9 Å². The summed E-state index contributed by atoms with van der Waals surface area (Å²) >= 11 is 6.03. The normalized spacial score (nSPS) is 12.2. The van der Waals surface area contributed by atoms with Gasteiger partial charge < -0.3 is 20.2 Å². The second kappa shape index (κ2) is 7.76. The number of methoxy groups -OCH3 is 1. The Morgan fingerprint density at radius 2 is 2.00 bits per heavy atom. The van der Waals surface area contributed by atoms with Crippen LogP contribution < -0.4 is 10.5 Å². The van der Waals surface area contributed by atoms with Crippen molar-refractivity contribution in [1.29, 1.82) is 0 Å². The number of nitrogens with two attached hydrogens (primary N) is 1. The minimum atomic E-state index is -2.23. The van der Waals surface area contributed by atoms with E-state index in [9.17, 15) is 9.59 Å². The predicted octanol–water partition coefficient (Wildman–Crippen LogP) is 3.76. The third-order valence-electron chi connectivity index (χ3n) is 4.85. The van der Waals surface area contributed by atoms with Crippen LogP contribution >= 0.6 is 11.6 Å². The van der Waals surface area contributed by atoms with E-state index >= 15 is 0 Å². The largest absolute Gasteiger partial charge is 0.496 e. The Bertz CT molecular complexity index is 600. The Kier molecular flexibility index (Phi) is 6.73. The first-order valence-corrected chi connectivity index (χ1v) is 11.3. The lowest BCUT2D eigenvalue weighted by Crippen LogP contribution is -2.39. The fourth-order valence-corrected chi connectivity index (χ4v) is 3.23. The molecule has 136 valence electrons. The number of nitrogens with zero attached hydrogens (tertiary/aromatic N) is 1. The van der Waals surface area contributed by atoms with Crippen LogP contribution in [0, 0.1) is 0 Å². The second-order valence-electron chi connectivity index (χ2n) is 7.35. The first kappa shape index (κ1) is 20.8. The van der Waals surface area contributed by atoms with Crippen LogP contribution in [0.4, 0.5) is 5.69 Å². The van der Waals surface area contributed by atoms with Crippen LogP contribution in [0.2, 0.25) is 23.2 Å². The number of hydrogen-bond acceptors (Lipinski definition) is 4. The Labute approximate surface area is 150 Å². The highest BCUT2D eigenvalue weighted by molar-refractivity contribution is 6.72. The topological polar surface area (TPSA) is 75.8 Å². The molecule has 1 aromatic rings. The smallest absolute Gasteiger partial charge is 0.257 e. The van der Waals surface area contributed by atoms with Crippen molar-refractivity contribution >= 4 is 31.5 Å². The highest BCUT2D eigenvalue weighted by Crippen LogP contribution is 2.39. The molecule has 0 aliphatic carbocycles. The van der Waals surface area contributed by atoms with Gasteiger partial charge in [-0.2, -0.15) is 0 Å². The summed E-state index contributed by atoms with van der Waals surface area (Å²) in [6.07, 6.45) is 1.68. The van der Waals surface area contributed by atoms with Gasteiger partial charge in [0.05, 0.1) is 23.4 Å². The first-order chi connectivity index (χ1) is 10.9. The molecule has 0 aromatic heterocycles. The number of benzene rings is 1. The molecule has 0 aliphatic rings. The van der Waals surface area contributed by atoms with Crippen LogP contribution in [0.15, 0.2) is 12.1 Å². The second-order valence-corrected chi connectivity index (χ2v) is 12.2. The molecule has 5 nitrogen and oxygen atoms in total. The van der Waals surface area contributed by atoms with E-state index in [0.717, 1.165) is 12.8 Å². The standard InChI is InChI=1S/C17H29ClN2O3Si/c1-17(2,24(5,6)22)8-7-9-20(3)16(21)12-10-13(18)14(19)11-15(12)23-4/h10-11,22H,7-9,19H2,1-6H3. The van der Waals surface area contributed by atoms with E-state index in [1.807, 2.05) is 13.1 Å². The Morgan fingerprint density at radius 1 is 1.42 bits per heavy atom. The molecule has 0 bridgehead atoms. The van der Waals surface area contributed by atoms with Gasteiger partial charge in [-0.3, -0.25) is 4.79 Å². The van der Waals surface area contributed by atoms with Gasteiger partial charge in [-0.1, -0.05) is 25.4 Å². The summed E-state index contributed by atoms with van der Waals surface area (Å²) in [5.74, 6) is 0.255. The van der Waals surface area contributed by atoms with Gasteiger partial charge in [0.1, 0.15) is 5.75 Å². The summed E-state index contributed by atoms with van der Waals surface area (Å²) in [5.41, 5.74) is 6.53. The number of nitrogen functional groups attached to an aromatic ring is 1. The highest BCUT2D eigenvalue weighted by Gasteiger charge is 2.37. The predicted molar refractivity (Wildman–Crippen MR) is 102 cm³/mol. The highest BCUT2D eigenvalue weighted by atomic mass is 35.5. The van der Waals surface area contributed by atoms with Crippen LogP contribution in [-0.2, 0) is 0 Å². The zero-order chi connectivity index (χ0) is 18.7. The van der Waals surface area contributed by atoms with Crippen molar-refractivity contribution in [1.82, 2.24) is 4.90 Å². The van der Waals surface area contributed by atoms with Gasteiger partial charge in [-0.25, -0.2) is 0 Å². The van der Waals surface area contributed by atoms with Crippen LogP contribution in [0.25, 0.3) is 0 Å². The van der Waals surface area contributed by atoms with E-state index < -0.39 is 8.32 Å². The molecular weight excluding hydrogens is 344 g/mol. The number of ether oxygens (including phenoxy) is 1. The van der Waals surface area contributed by atoms with Crippen molar-refractivity contribution in [2.75, 3.05) is 26.4 Å². The van der Waals surface area contributed by atoms with Crippen molar-refractivity contribution in [3.8, 4) is 5.75 Å². The number of amides is 1. The molecular formula is C17H29ClN2O3Si. The maximum Gasteiger partial charge on any atom is 0.257 e. The van der Waals surface area contributed by atoms with Gasteiger partial charge in [0.25, 0.3) is 5.91 Å². The molecule has 0 heterocycles. The molecule has 0 saturated carbocycles. The summed E-state index contributed by atoms with van der Waals surface area (Å²) in [5, 5.41) is 0.237. The SMILES string of the molecule is COc1cc(N)c(Cl)cc1C(=O)N(C)CCCC(C)(C)[Si](C)(C)O. The molecule has 0 aliphatic heterocycles. The van der Waals surface area contributed by atoms with Gasteiger partial charge in [0.15, 0.2) is 8.32 Å². The van der Waals surface area contributed by atoms with E-state index in [1.54, 1.807) is 24.1 Å². The molecule has 0 spiro atoms. The lowest BCUT2D eigenvalue weighted by atomic mass is 10.1. The lowest BCUT2D eigenvalue weighted by Gasteiger charge is -2.35. The maximum atomic E-state index is 12.6. The molecule has 0 radical (unpaired) electrons. The molecule has 1 aromatic carbocycles. The molecule has 0 saturated heterocycles. The minimum absolute atomic E-state index is 0.0981. The number of anilines is 1.